The van der Waals surface area contributed by atoms with Gasteiger partial charge in [0.15, 0.2) is 11.4 Å². The van der Waals surface area contributed by atoms with E-state index in [0.717, 1.165) is 11.1 Å². The van der Waals surface area contributed by atoms with E-state index < -0.39 is 0 Å². The monoisotopic (exact) mass is 558 g/mol. The SMILES string of the molecule is CC(C)c1ccc2c(Nc3cc(NC(=O)c4cc(Cl)cc(Cl)c4)ccc3Oc3ccc(N)cc3)ncnc2n1. The Bertz CT molecular complexity index is 1660. The molecule has 0 radical (unpaired) electrons. The third-order valence-electron chi connectivity index (χ3n) is 5.83. The lowest BCUT2D eigenvalue weighted by molar-refractivity contribution is 0.102. The van der Waals surface area contributed by atoms with Gasteiger partial charge in [0.2, 0.25) is 0 Å². The zero-order valence-corrected chi connectivity index (χ0v) is 22.6. The van der Waals surface area contributed by atoms with Crippen molar-refractivity contribution < 1.29 is 9.53 Å². The number of nitrogens with one attached hydrogen (secondary N) is 2. The van der Waals surface area contributed by atoms with Crippen molar-refractivity contribution >= 4 is 63.0 Å². The maximum atomic E-state index is 12.9. The second-order valence-electron chi connectivity index (χ2n) is 9.10. The number of halogens is 2. The Labute approximate surface area is 235 Å². The zero-order chi connectivity index (χ0) is 27.5. The number of carbonyl (C=O) groups is 1. The first kappa shape index (κ1) is 26.2. The molecule has 0 spiro atoms. The highest BCUT2D eigenvalue weighted by Crippen LogP contribution is 2.36. The molecule has 1 amide bonds. The van der Waals surface area contributed by atoms with E-state index in [9.17, 15) is 4.79 Å². The highest BCUT2D eigenvalue weighted by atomic mass is 35.5. The molecular weight excluding hydrogens is 535 g/mol. The lowest BCUT2D eigenvalue weighted by Crippen LogP contribution is -2.12. The number of carbonyl (C=O) groups excluding carboxylic acids is 1. The summed E-state index contributed by atoms with van der Waals surface area (Å²) in [6.45, 7) is 4.15. The molecule has 0 aliphatic carbocycles. The minimum atomic E-state index is -0.365. The molecule has 196 valence electrons. The van der Waals surface area contributed by atoms with E-state index in [2.05, 4.69) is 39.4 Å². The quantitative estimate of drug-likeness (QED) is 0.174. The summed E-state index contributed by atoms with van der Waals surface area (Å²) in [5, 5.41) is 7.69. The third-order valence-corrected chi connectivity index (χ3v) is 6.27. The van der Waals surface area contributed by atoms with Crippen LogP contribution in [0.1, 0.15) is 35.8 Å². The molecular formula is C29H24Cl2N6O2. The number of nitrogens with two attached hydrogens (primary N) is 1. The molecule has 4 N–H and O–H groups in total. The Morgan fingerprint density at radius 3 is 2.38 bits per heavy atom. The van der Waals surface area contributed by atoms with Crippen LogP contribution in [0.25, 0.3) is 11.0 Å². The van der Waals surface area contributed by atoms with Crippen LogP contribution in [-0.2, 0) is 0 Å². The minimum absolute atomic E-state index is 0.260. The normalized spacial score (nSPS) is 11.0. The maximum Gasteiger partial charge on any atom is 0.255 e. The van der Waals surface area contributed by atoms with Gasteiger partial charge < -0.3 is 21.1 Å². The number of pyridine rings is 1. The van der Waals surface area contributed by atoms with E-state index in [0.29, 0.717) is 55.6 Å². The second kappa shape index (κ2) is 11.1. The van der Waals surface area contributed by atoms with Crippen molar-refractivity contribution in [1.82, 2.24) is 15.0 Å². The van der Waals surface area contributed by atoms with Crippen LogP contribution in [0.2, 0.25) is 10.0 Å². The van der Waals surface area contributed by atoms with Gasteiger partial charge in [-0.05, 0) is 78.7 Å². The van der Waals surface area contributed by atoms with Gasteiger partial charge in [-0.3, -0.25) is 4.79 Å². The number of amides is 1. The van der Waals surface area contributed by atoms with Gasteiger partial charge in [0.05, 0.1) is 11.1 Å². The fourth-order valence-corrected chi connectivity index (χ4v) is 4.38. The number of hydrogen-bond donors (Lipinski definition) is 3. The van der Waals surface area contributed by atoms with Crippen LogP contribution in [-0.4, -0.2) is 20.9 Å². The van der Waals surface area contributed by atoms with Gasteiger partial charge in [0, 0.05) is 32.7 Å². The first-order valence-electron chi connectivity index (χ1n) is 12.1. The lowest BCUT2D eigenvalue weighted by Gasteiger charge is -2.16. The van der Waals surface area contributed by atoms with E-state index in [1.807, 2.05) is 12.1 Å². The molecule has 5 aromatic rings. The van der Waals surface area contributed by atoms with Crippen molar-refractivity contribution in [3.05, 3.63) is 100 Å². The topological polar surface area (TPSA) is 115 Å². The average molecular weight is 559 g/mol. The number of fused-ring (bicyclic) bond motifs is 1. The van der Waals surface area contributed by atoms with Crippen LogP contribution in [0.3, 0.4) is 0 Å². The van der Waals surface area contributed by atoms with Gasteiger partial charge in [-0.2, -0.15) is 0 Å². The molecule has 0 saturated carbocycles. The van der Waals surface area contributed by atoms with Crippen molar-refractivity contribution in [2.75, 3.05) is 16.4 Å². The van der Waals surface area contributed by atoms with Crippen LogP contribution < -0.4 is 21.1 Å². The predicted octanol–water partition coefficient (Wildman–Crippen LogP) is 7.83. The van der Waals surface area contributed by atoms with Crippen molar-refractivity contribution in [1.29, 1.82) is 0 Å². The van der Waals surface area contributed by atoms with Crippen molar-refractivity contribution in [2.45, 2.75) is 19.8 Å². The fraction of sp³-hybridized carbons (Fsp3) is 0.103. The van der Waals surface area contributed by atoms with E-state index in [4.69, 9.17) is 33.7 Å². The Balaban J connectivity index is 1.51. The molecule has 0 saturated heterocycles. The number of aromatic nitrogens is 3. The summed E-state index contributed by atoms with van der Waals surface area (Å²) in [5.41, 5.74) is 9.36. The first-order chi connectivity index (χ1) is 18.7. The van der Waals surface area contributed by atoms with Gasteiger partial charge in [-0.25, -0.2) is 15.0 Å². The molecule has 0 bridgehead atoms. The summed E-state index contributed by atoms with van der Waals surface area (Å²) in [6.07, 6.45) is 1.46. The van der Waals surface area contributed by atoms with Crippen molar-refractivity contribution in [2.24, 2.45) is 0 Å². The third kappa shape index (κ3) is 6.19. The summed E-state index contributed by atoms with van der Waals surface area (Å²) < 4.78 is 6.15. The van der Waals surface area contributed by atoms with E-state index in [-0.39, 0.29) is 11.8 Å². The molecule has 2 heterocycles. The van der Waals surface area contributed by atoms with Gasteiger partial charge in [-0.15, -0.1) is 0 Å². The molecule has 0 aliphatic heterocycles. The minimum Gasteiger partial charge on any atom is -0.455 e. The smallest absolute Gasteiger partial charge is 0.255 e. The number of nitrogen functional groups attached to an aromatic ring is 1. The van der Waals surface area contributed by atoms with Gasteiger partial charge >= 0.3 is 0 Å². The number of benzene rings is 3. The Hall–Kier alpha value is -4.40. The molecule has 0 aliphatic rings. The summed E-state index contributed by atoms with van der Waals surface area (Å²) in [4.78, 5) is 26.4. The number of nitrogens with zero attached hydrogens (tertiary/aromatic N) is 3. The van der Waals surface area contributed by atoms with Crippen LogP contribution in [0.5, 0.6) is 11.5 Å². The molecule has 5 rings (SSSR count). The highest BCUT2D eigenvalue weighted by molar-refractivity contribution is 6.35. The summed E-state index contributed by atoms with van der Waals surface area (Å²) >= 11 is 12.2. The number of anilines is 4. The Morgan fingerprint density at radius 2 is 1.67 bits per heavy atom. The predicted molar refractivity (Wildman–Crippen MR) is 156 cm³/mol. The largest absolute Gasteiger partial charge is 0.455 e. The molecule has 39 heavy (non-hydrogen) atoms. The molecule has 0 unspecified atom stereocenters. The van der Waals surface area contributed by atoms with Crippen LogP contribution in [0.4, 0.5) is 22.9 Å². The van der Waals surface area contributed by atoms with E-state index >= 15 is 0 Å². The van der Waals surface area contributed by atoms with Crippen LogP contribution in [0, 0.1) is 0 Å². The Morgan fingerprint density at radius 1 is 0.923 bits per heavy atom. The Kier molecular flexibility index (Phi) is 7.49. The molecule has 8 nitrogen and oxygen atoms in total. The molecule has 10 heteroatoms. The fourth-order valence-electron chi connectivity index (χ4n) is 3.85. The van der Waals surface area contributed by atoms with Gasteiger partial charge in [0.1, 0.15) is 17.9 Å². The van der Waals surface area contributed by atoms with E-state index in [1.54, 1.807) is 60.7 Å². The average Bonchev–Trinajstić information content (AvgIpc) is 2.90. The van der Waals surface area contributed by atoms with Crippen molar-refractivity contribution in [3.63, 3.8) is 0 Å². The molecule has 0 atom stereocenters. The first-order valence-corrected chi connectivity index (χ1v) is 12.8. The van der Waals surface area contributed by atoms with E-state index in [1.165, 1.54) is 6.33 Å². The number of ether oxygens (including phenoxy) is 1. The lowest BCUT2D eigenvalue weighted by atomic mass is 10.1. The van der Waals surface area contributed by atoms with Gasteiger partial charge in [0.25, 0.3) is 5.91 Å². The molecule has 0 fully saturated rings. The van der Waals surface area contributed by atoms with Crippen LogP contribution >= 0.6 is 23.2 Å². The van der Waals surface area contributed by atoms with Gasteiger partial charge in [-0.1, -0.05) is 37.0 Å². The second-order valence-corrected chi connectivity index (χ2v) is 9.98. The maximum absolute atomic E-state index is 12.9. The van der Waals surface area contributed by atoms with Crippen molar-refractivity contribution in [3.8, 4) is 11.5 Å². The molecule has 2 aromatic heterocycles. The number of rotatable bonds is 7. The molecule has 3 aromatic carbocycles. The summed E-state index contributed by atoms with van der Waals surface area (Å²) in [5.74, 6) is 1.52. The summed E-state index contributed by atoms with van der Waals surface area (Å²) in [6, 6.07) is 20.8. The number of hydrogen-bond acceptors (Lipinski definition) is 7. The standard InChI is InChI=1S/C29H24Cl2N6O2/c1-16(2)24-9-8-23-27(36-24)33-15-34-28(23)37-25-14-21(35-29(38)17-11-18(30)13-19(31)12-17)5-10-26(25)39-22-6-3-20(32)4-7-22/h3-16H,32H2,1-2H3,(H,35,38)(H,33,34,36,37). The summed E-state index contributed by atoms with van der Waals surface area (Å²) in [7, 11) is 0. The highest BCUT2D eigenvalue weighted by Gasteiger charge is 2.14. The van der Waals surface area contributed by atoms with Crippen LogP contribution in [0.15, 0.2) is 79.1 Å². The zero-order valence-electron chi connectivity index (χ0n) is 21.1.